The summed E-state index contributed by atoms with van der Waals surface area (Å²) in [4.78, 5) is 2.07. The Balaban J connectivity index is 2.07. The smallest absolute Gasteiger partial charge is 0.124 e. The van der Waals surface area contributed by atoms with Crippen molar-refractivity contribution in [1.29, 1.82) is 5.26 Å². The van der Waals surface area contributed by atoms with Crippen LogP contribution in [0.3, 0.4) is 0 Å². The molecule has 1 aliphatic rings. The van der Waals surface area contributed by atoms with Gasteiger partial charge in [-0.25, -0.2) is 0 Å². The van der Waals surface area contributed by atoms with Gasteiger partial charge in [0.2, 0.25) is 0 Å². The number of para-hydroxylation sites is 1. The molecule has 2 atom stereocenters. The molecule has 0 aliphatic carbocycles. The van der Waals surface area contributed by atoms with Gasteiger partial charge in [0, 0.05) is 21.7 Å². The quantitative estimate of drug-likeness (QED) is 0.942. The second kappa shape index (κ2) is 5.51. The van der Waals surface area contributed by atoms with E-state index in [0.29, 0.717) is 18.8 Å². The lowest BCUT2D eigenvalue weighted by Gasteiger charge is -2.36. The first-order chi connectivity index (χ1) is 10.2. The molecule has 2 heterocycles. The van der Waals surface area contributed by atoms with Gasteiger partial charge in [-0.15, -0.1) is 11.3 Å². The highest BCUT2D eigenvalue weighted by Gasteiger charge is 2.45. The predicted octanol–water partition coefficient (Wildman–Crippen LogP) is 3.59. The average molecular weight is 299 g/mol. The summed E-state index contributed by atoms with van der Waals surface area (Å²) in [7, 11) is 0. The summed E-state index contributed by atoms with van der Waals surface area (Å²) in [5.41, 5.74) is -0.136. The van der Waals surface area contributed by atoms with Gasteiger partial charge in [0.05, 0.1) is 12.7 Å². The number of fused-ring (bicyclic) bond motifs is 1. The molecule has 21 heavy (non-hydrogen) atoms. The molecule has 0 saturated carbocycles. The van der Waals surface area contributed by atoms with Crippen LogP contribution in [0.4, 0.5) is 0 Å². The highest BCUT2D eigenvalue weighted by atomic mass is 32.1. The van der Waals surface area contributed by atoms with E-state index >= 15 is 0 Å². The zero-order valence-corrected chi connectivity index (χ0v) is 12.7. The van der Waals surface area contributed by atoms with Gasteiger partial charge in [0.1, 0.15) is 17.3 Å². The summed E-state index contributed by atoms with van der Waals surface area (Å²) in [6.07, 6.45) is 0.621. The van der Waals surface area contributed by atoms with Gasteiger partial charge in [-0.3, -0.25) is 0 Å². The molecule has 108 valence electrons. The second-order valence-corrected chi connectivity index (χ2v) is 6.44. The van der Waals surface area contributed by atoms with E-state index in [4.69, 9.17) is 4.74 Å². The van der Waals surface area contributed by atoms with Crippen molar-refractivity contribution in [3.63, 3.8) is 0 Å². The fourth-order valence-electron chi connectivity index (χ4n) is 2.85. The van der Waals surface area contributed by atoms with Crippen LogP contribution in [-0.2, 0) is 11.8 Å². The Hall–Kier alpha value is -1.83. The van der Waals surface area contributed by atoms with Crippen LogP contribution in [0.15, 0.2) is 36.4 Å². The van der Waals surface area contributed by atoms with Crippen molar-refractivity contribution in [1.82, 2.24) is 0 Å². The zero-order chi connectivity index (χ0) is 14.9. The summed E-state index contributed by atoms with van der Waals surface area (Å²) < 4.78 is 5.63. The molecule has 0 saturated heterocycles. The van der Waals surface area contributed by atoms with Crippen molar-refractivity contribution in [3.05, 3.63) is 51.7 Å². The number of aryl methyl sites for hydroxylation is 1. The summed E-state index contributed by atoms with van der Waals surface area (Å²) in [5, 5.41) is 20.7. The molecule has 3 nitrogen and oxygen atoms in total. The molecule has 1 N–H and O–H groups in total. The Morgan fingerprint density at radius 1 is 1.38 bits per heavy atom. The number of aliphatic hydroxyl groups is 1. The van der Waals surface area contributed by atoms with Crippen molar-refractivity contribution in [3.8, 4) is 11.8 Å². The molecule has 2 unspecified atom stereocenters. The molecule has 1 aromatic heterocycles. The molecule has 0 amide bonds. The van der Waals surface area contributed by atoms with Gasteiger partial charge in [-0.05, 0) is 24.6 Å². The first-order valence-corrected chi connectivity index (χ1v) is 7.93. The third kappa shape index (κ3) is 2.23. The average Bonchev–Trinajstić information content (AvgIpc) is 3.02. The van der Waals surface area contributed by atoms with Crippen LogP contribution >= 0.6 is 11.3 Å². The number of hydrogen-bond acceptors (Lipinski definition) is 4. The van der Waals surface area contributed by atoms with E-state index in [9.17, 15) is 10.4 Å². The van der Waals surface area contributed by atoms with Crippen molar-refractivity contribution >= 4 is 11.3 Å². The molecule has 1 aliphatic heterocycles. The summed E-state index contributed by atoms with van der Waals surface area (Å²) in [6, 6.07) is 13.9. The lowest BCUT2D eigenvalue weighted by molar-refractivity contribution is 0.0834. The minimum absolute atomic E-state index is 0.452. The first-order valence-electron chi connectivity index (χ1n) is 7.11. The molecule has 0 radical (unpaired) electrons. The lowest BCUT2D eigenvalue weighted by atomic mass is 9.72. The minimum Gasteiger partial charge on any atom is -0.493 e. The summed E-state index contributed by atoms with van der Waals surface area (Å²) >= 11 is 1.58. The maximum absolute atomic E-state index is 10.9. The SMILES string of the molecule is CCc1ccc(C(O)C2(C#N)CCOc3ccccc32)s1. The Morgan fingerprint density at radius 3 is 2.90 bits per heavy atom. The molecular weight excluding hydrogens is 282 g/mol. The number of nitriles is 1. The maximum Gasteiger partial charge on any atom is 0.124 e. The molecule has 0 bridgehead atoms. The van der Waals surface area contributed by atoms with E-state index in [1.165, 1.54) is 4.88 Å². The van der Waals surface area contributed by atoms with Crippen molar-refractivity contribution < 1.29 is 9.84 Å². The van der Waals surface area contributed by atoms with E-state index in [0.717, 1.165) is 16.9 Å². The Labute approximate surface area is 128 Å². The zero-order valence-electron chi connectivity index (χ0n) is 11.9. The Morgan fingerprint density at radius 2 is 2.19 bits per heavy atom. The Bertz CT molecular complexity index is 688. The van der Waals surface area contributed by atoms with Gasteiger partial charge >= 0.3 is 0 Å². The number of ether oxygens (including phenoxy) is 1. The second-order valence-electron chi connectivity index (χ2n) is 5.24. The monoisotopic (exact) mass is 299 g/mol. The number of thiophene rings is 1. The van der Waals surface area contributed by atoms with Crippen LogP contribution in [0.1, 0.15) is 34.8 Å². The van der Waals surface area contributed by atoms with Crippen LogP contribution in [0.5, 0.6) is 5.75 Å². The van der Waals surface area contributed by atoms with Crippen molar-refractivity contribution in [2.24, 2.45) is 0 Å². The van der Waals surface area contributed by atoms with E-state index in [1.54, 1.807) is 11.3 Å². The van der Waals surface area contributed by atoms with Crippen LogP contribution in [-0.4, -0.2) is 11.7 Å². The van der Waals surface area contributed by atoms with Crippen LogP contribution < -0.4 is 4.74 Å². The largest absolute Gasteiger partial charge is 0.493 e. The fraction of sp³-hybridized carbons (Fsp3) is 0.353. The Kier molecular flexibility index (Phi) is 3.71. The van der Waals surface area contributed by atoms with E-state index < -0.39 is 11.5 Å². The third-order valence-electron chi connectivity index (χ3n) is 4.09. The normalized spacial score (nSPS) is 22.0. The number of aliphatic hydroxyl groups excluding tert-OH is 1. The standard InChI is InChI=1S/C17H17NO2S/c1-2-12-7-8-15(21-12)16(19)17(11-18)9-10-20-14-6-4-3-5-13(14)17/h3-8,16,19H,2,9-10H2,1H3. The summed E-state index contributed by atoms with van der Waals surface area (Å²) in [6.45, 7) is 2.54. The van der Waals surface area contributed by atoms with Crippen molar-refractivity contribution in [2.45, 2.75) is 31.3 Å². The number of benzene rings is 1. The van der Waals surface area contributed by atoms with Gasteiger partial charge in [0.25, 0.3) is 0 Å². The van der Waals surface area contributed by atoms with Gasteiger partial charge in [-0.1, -0.05) is 25.1 Å². The lowest BCUT2D eigenvalue weighted by Crippen LogP contribution is -2.37. The topological polar surface area (TPSA) is 53.2 Å². The maximum atomic E-state index is 10.9. The summed E-state index contributed by atoms with van der Waals surface area (Å²) in [5.74, 6) is 0.705. The molecule has 0 fully saturated rings. The number of rotatable bonds is 3. The van der Waals surface area contributed by atoms with Gasteiger partial charge < -0.3 is 9.84 Å². The van der Waals surface area contributed by atoms with E-state index in [-0.39, 0.29) is 0 Å². The highest BCUT2D eigenvalue weighted by molar-refractivity contribution is 7.12. The third-order valence-corrected chi connectivity index (χ3v) is 5.37. The number of nitrogens with zero attached hydrogens (tertiary/aromatic N) is 1. The minimum atomic E-state index is -0.926. The van der Waals surface area contributed by atoms with Crippen LogP contribution in [0.2, 0.25) is 0 Å². The molecular formula is C17H17NO2S. The molecule has 0 spiro atoms. The van der Waals surface area contributed by atoms with E-state index in [1.807, 2.05) is 36.4 Å². The van der Waals surface area contributed by atoms with Crippen LogP contribution in [0, 0.1) is 11.3 Å². The predicted molar refractivity (Wildman–Crippen MR) is 82.5 cm³/mol. The van der Waals surface area contributed by atoms with E-state index in [2.05, 4.69) is 13.0 Å². The van der Waals surface area contributed by atoms with Gasteiger partial charge in [-0.2, -0.15) is 5.26 Å². The molecule has 1 aromatic carbocycles. The highest BCUT2D eigenvalue weighted by Crippen LogP contribution is 2.47. The van der Waals surface area contributed by atoms with Crippen molar-refractivity contribution in [2.75, 3.05) is 6.61 Å². The number of hydrogen-bond donors (Lipinski definition) is 1. The van der Waals surface area contributed by atoms with Gasteiger partial charge in [0.15, 0.2) is 0 Å². The molecule has 2 aromatic rings. The first kappa shape index (κ1) is 14.1. The molecule has 4 heteroatoms. The van der Waals surface area contributed by atoms with Crippen LogP contribution in [0.25, 0.3) is 0 Å². The fourth-order valence-corrected chi connectivity index (χ4v) is 3.89. The molecule has 3 rings (SSSR count).